The first kappa shape index (κ1) is 10.4. The molecule has 10 heavy (non-hydrogen) atoms. The van der Waals surface area contributed by atoms with Gasteiger partial charge in [0.1, 0.15) is 4.32 Å². The van der Waals surface area contributed by atoms with Crippen molar-refractivity contribution in [2.24, 2.45) is 5.41 Å². The van der Waals surface area contributed by atoms with Gasteiger partial charge >= 0.3 is 0 Å². The molecule has 0 spiro atoms. The number of alkyl halides is 2. The van der Waals surface area contributed by atoms with Crippen LogP contribution in [0, 0.1) is 16.7 Å². The van der Waals surface area contributed by atoms with E-state index in [0.29, 0.717) is 5.33 Å². The SMILES string of the molecule is CC(C)(C)C(Br)(C#N)CBr. The minimum absolute atomic E-state index is 0.0365. The third-order valence-electron chi connectivity index (χ3n) is 1.55. The van der Waals surface area contributed by atoms with Crippen molar-refractivity contribution in [2.45, 2.75) is 25.1 Å². The van der Waals surface area contributed by atoms with Crippen LogP contribution in [0.3, 0.4) is 0 Å². The van der Waals surface area contributed by atoms with Crippen LogP contribution in [0.15, 0.2) is 0 Å². The minimum Gasteiger partial charge on any atom is -0.197 e. The summed E-state index contributed by atoms with van der Waals surface area (Å²) in [5, 5.41) is 9.45. The van der Waals surface area contributed by atoms with Crippen LogP contribution in [0.25, 0.3) is 0 Å². The molecule has 0 fully saturated rings. The number of rotatable bonds is 1. The molecule has 0 N–H and O–H groups in total. The predicted octanol–water partition coefficient (Wildman–Crippen LogP) is 3.08. The van der Waals surface area contributed by atoms with Crippen LogP contribution in [0.2, 0.25) is 0 Å². The van der Waals surface area contributed by atoms with Gasteiger partial charge in [-0.1, -0.05) is 52.6 Å². The number of hydrogen-bond donors (Lipinski definition) is 0. The van der Waals surface area contributed by atoms with E-state index in [9.17, 15) is 0 Å². The summed E-state index contributed by atoms with van der Waals surface area (Å²) >= 11 is 6.69. The van der Waals surface area contributed by atoms with E-state index in [1.165, 1.54) is 0 Å². The third-order valence-corrected chi connectivity index (χ3v) is 4.79. The van der Waals surface area contributed by atoms with Crippen LogP contribution in [-0.2, 0) is 0 Å². The molecule has 0 saturated heterocycles. The van der Waals surface area contributed by atoms with Gasteiger partial charge in [0.2, 0.25) is 0 Å². The summed E-state index contributed by atoms with van der Waals surface area (Å²) in [6.07, 6.45) is 0. The van der Waals surface area contributed by atoms with Gasteiger partial charge in [0.05, 0.1) is 6.07 Å². The lowest BCUT2D eigenvalue weighted by Crippen LogP contribution is -2.36. The molecular weight excluding hydrogens is 258 g/mol. The monoisotopic (exact) mass is 267 g/mol. The Balaban J connectivity index is 4.54. The Morgan fingerprint density at radius 2 is 1.80 bits per heavy atom. The first-order chi connectivity index (χ1) is 4.37. The number of nitriles is 1. The van der Waals surface area contributed by atoms with Crippen molar-refractivity contribution < 1.29 is 0 Å². The molecule has 1 unspecified atom stereocenters. The minimum atomic E-state index is -0.444. The lowest BCUT2D eigenvalue weighted by atomic mass is 9.83. The maximum Gasteiger partial charge on any atom is 0.126 e. The zero-order chi connectivity index (χ0) is 8.41. The van der Waals surface area contributed by atoms with Crippen molar-refractivity contribution in [3.05, 3.63) is 0 Å². The van der Waals surface area contributed by atoms with E-state index in [4.69, 9.17) is 5.26 Å². The number of nitrogens with zero attached hydrogens (tertiary/aromatic N) is 1. The maximum absolute atomic E-state index is 8.79. The second kappa shape index (κ2) is 3.23. The molecule has 0 amide bonds. The molecule has 0 saturated carbocycles. The van der Waals surface area contributed by atoms with Gasteiger partial charge in [-0.05, 0) is 5.41 Å². The number of halogens is 2. The fourth-order valence-electron chi connectivity index (χ4n) is 0.398. The Bertz CT molecular complexity index is 154. The lowest BCUT2D eigenvalue weighted by Gasteiger charge is -2.31. The maximum atomic E-state index is 8.79. The molecule has 0 aromatic rings. The second-order valence-electron chi connectivity index (χ2n) is 3.30. The van der Waals surface area contributed by atoms with Crippen LogP contribution < -0.4 is 0 Å². The fraction of sp³-hybridized carbons (Fsp3) is 0.857. The highest BCUT2D eigenvalue weighted by Crippen LogP contribution is 2.38. The van der Waals surface area contributed by atoms with Gasteiger partial charge in [0.15, 0.2) is 0 Å². The molecule has 0 aliphatic heterocycles. The molecule has 1 atom stereocenters. The standard InChI is InChI=1S/C7H11Br2N/c1-6(2,3)7(9,4-8)5-10/h4H2,1-3H3. The molecular formula is C7H11Br2N. The van der Waals surface area contributed by atoms with Crippen LogP contribution in [-0.4, -0.2) is 9.65 Å². The zero-order valence-corrected chi connectivity index (χ0v) is 9.58. The Labute approximate surface area is 79.1 Å². The van der Waals surface area contributed by atoms with Crippen molar-refractivity contribution in [3.8, 4) is 6.07 Å². The molecule has 0 aromatic heterocycles. The molecule has 0 bridgehead atoms. The predicted molar refractivity (Wildman–Crippen MR) is 50.5 cm³/mol. The van der Waals surface area contributed by atoms with Crippen molar-refractivity contribution in [2.75, 3.05) is 5.33 Å². The Morgan fingerprint density at radius 3 is 1.80 bits per heavy atom. The van der Waals surface area contributed by atoms with Crippen LogP contribution in [0.1, 0.15) is 20.8 Å². The van der Waals surface area contributed by atoms with E-state index in [2.05, 4.69) is 37.9 Å². The molecule has 3 heteroatoms. The van der Waals surface area contributed by atoms with Gasteiger partial charge in [-0.2, -0.15) is 5.26 Å². The quantitative estimate of drug-likeness (QED) is 0.671. The molecule has 0 radical (unpaired) electrons. The van der Waals surface area contributed by atoms with E-state index in [1.807, 2.05) is 20.8 Å². The van der Waals surface area contributed by atoms with E-state index in [1.54, 1.807) is 0 Å². The molecule has 0 heterocycles. The Morgan fingerprint density at radius 1 is 1.40 bits per heavy atom. The second-order valence-corrected chi connectivity index (χ2v) is 5.21. The van der Waals surface area contributed by atoms with Gasteiger partial charge < -0.3 is 0 Å². The normalized spacial score (nSPS) is 17.6. The summed E-state index contributed by atoms with van der Waals surface area (Å²) in [4.78, 5) is 0. The number of hydrogen-bond acceptors (Lipinski definition) is 1. The van der Waals surface area contributed by atoms with Crippen LogP contribution in [0.5, 0.6) is 0 Å². The average Bonchev–Trinajstić information content (AvgIpc) is 1.84. The largest absolute Gasteiger partial charge is 0.197 e. The smallest absolute Gasteiger partial charge is 0.126 e. The molecule has 58 valence electrons. The van der Waals surface area contributed by atoms with E-state index >= 15 is 0 Å². The summed E-state index contributed by atoms with van der Waals surface area (Å²) in [5.41, 5.74) is -0.0365. The van der Waals surface area contributed by atoms with Crippen LogP contribution in [0.4, 0.5) is 0 Å². The van der Waals surface area contributed by atoms with Crippen molar-refractivity contribution in [1.29, 1.82) is 5.26 Å². The lowest BCUT2D eigenvalue weighted by molar-refractivity contribution is 0.366. The van der Waals surface area contributed by atoms with Gasteiger partial charge in [0.25, 0.3) is 0 Å². The van der Waals surface area contributed by atoms with Gasteiger partial charge in [-0.15, -0.1) is 0 Å². The highest BCUT2D eigenvalue weighted by atomic mass is 79.9. The molecule has 0 rings (SSSR count). The summed E-state index contributed by atoms with van der Waals surface area (Å²) in [5.74, 6) is 0. The molecule has 0 aliphatic rings. The van der Waals surface area contributed by atoms with E-state index in [-0.39, 0.29) is 5.41 Å². The highest BCUT2D eigenvalue weighted by molar-refractivity contribution is 9.12. The van der Waals surface area contributed by atoms with Crippen molar-refractivity contribution in [3.63, 3.8) is 0 Å². The first-order valence-corrected chi connectivity index (χ1v) is 4.95. The van der Waals surface area contributed by atoms with E-state index in [0.717, 1.165) is 0 Å². The summed E-state index contributed by atoms with van der Waals surface area (Å²) in [7, 11) is 0. The van der Waals surface area contributed by atoms with E-state index < -0.39 is 4.32 Å². The average molecular weight is 269 g/mol. The van der Waals surface area contributed by atoms with Crippen molar-refractivity contribution >= 4 is 31.9 Å². The van der Waals surface area contributed by atoms with Crippen molar-refractivity contribution in [1.82, 2.24) is 0 Å². The van der Waals surface area contributed by atoms with Gasteiger partial charge in [-0.25, -0.2) is 0 Å². The first-order valence-electron chi connectivity index (χ1n) is 3.03. The Hall–Kier alpha value is 0.450. The summed E-state index contributed by atoms with van der Waals surface area (Å²) in [6, 6.07) is 2.24. The zero-order valence-electron chi connectivity index (χ0n) is 6.41. The Kier molecular flexibility index (Phi) is 3.38. The van der Waals surface area contributed by atoms with Gasteiger partial charge in [0, 0.05) is 5.33 Å². The molecule has 0 aromatic carbocycles. The summed E-state index contributed by atoms with van der Waals surface area (Å²) in [6.45, 7) is 6.10. The molecule has 0 aliphatic carbocycles. The topological polar surface area (TPSA) is 23.8 Å². The third kappa shape index (κ3) is 1.96. The molecule has 1 nitrogen and oxygen atoms in total. The fourth-order valence-corrected chi connectivity index (χ4v) is 1.36. The summed E-state index contributed by atoms with van der Waals surface area (Å²) < 4.78 is -0.444. The van der Waals surface area contributed by atoms with Gasteiger partial charge in [-0.3, -0.25) is 0 Å². The van der Waals surface area contributed by atoms with Crippen LogP contribution >= 0.6 is 31.9 Å². The highest BCUT2D eigenvalue weighted by Gasteiger charge is 2.38.